The molecule has 7 heteroatoms. The van der Waals surface area contributed by atoms with E-state index in [1.54, 1.807) is 17.1 Å². The third-order valence-corrected chi connectivity index (χ3v) is 4.62. The number of carbonyl (C=O) groups is 1. The van der Waals surface area contributed by atoms with E-state index < -0.39 is 5.60 Å². The standard InChI is InChI=1S/C18H25N5O2/c1-15-6-10-21-23(15)12-7-17(24)20-13-18(25)8-4-11-22(14-18)16-5-2-3-9-19-16/h2-3,5-6,9-10,25H,4,7-8,11-14H2,1H3,(H,20,24)/t18-/m1/s1. The van der Waals surface area contributed by atoms with Crippen LogP contribution in [0.2, 0.25) is 0 Å². The van der Waals surface area contributed by atoms with Gasteiger partial charge in [-0.1, -0.05) is 6.07 Å². The topological polar surface area (TPSA) is 83.3 Å². The second-order valence-electron chi connectivity index (χ2n) is 6.66. The van der Waals surface area contributed by atoms with Gasteiger partial charge >= 0.3 is 0 Å². The minimum absolute atomic E-state index is 0.0710. The minimum Gasteiger partial charge on any atom is -0.386 e. The smallest absolute Gasteiger partial charge is 0.221 e. The molecule has 0 radical (unpaired) electrons. The second-order valence-corrected chi connectivity index (χ2v) is 6.66. The largest absolute Gasteiger partial charge is 0.386 e. The molecule has 0 bridgehead atoms. The Labute approximate surface area is 147 Å². The normalized spacial score (nSPS) is 20.5. The molecule has 1 amide bonds. The predicted molar refractivity (Wildman–Crippen MR) is 95.2 cm³/mol. The van der Waals surface area contributed by atoms with Crippen molar-refractivity contribution in [1.29, 1.82) is 0 Å². The Kier molecular flexibility index (Phi) is 5.33. The second kappa shape index (κ2) is 7.65. The number of piperidine rings is 1. The third-order valence-electron chi connectivity index (χ3n) is 4.62. The summed E-state index contributed by atoms with van der Waals surface area (Å²) < 4.78 is 1.80. The SMILES string of the molecule is Cc1ccnn1CCC(=O)NC[C@]1(O)CCCN(c2ccccn2)C1. The van der Waals surface area contributed by atoms with Crippen molar-refractivity contribution in [3.05, 3.63) is 42.4 Å². The molecule has 1 saturated heterocycles. The highest BCUT2D eigenvalue weighted by Crippen LogP contribution is 2.24. The molecule has 2 N–H and O–H groups in total. The van der Waals surface area contributed by atoms with Gasteiger partial charge in [0.25, 0.3) is 0 Å². The summed E-state index contributed by atoms with van der Waals surface area (Å²) in [5, 5.41) is 17.9. The summed E-state index contributed by atoms with van der Waals surface area (Å²) in [5.41, 5.74) is 0.109. The van der Waals surface area contributed by atoms with Crippen LogP contribution in [0.5, 0.6) is 0 Å². The lowest BCUT2D eigenvalue weighted by Gasteiger charge is -2.39. The zero-order valence-corrected chi connectivity index (χ0v) is 14.6. The number of amides is 1. The molecule has 2 aromatic heterocycles. The third kappa shape index (κ3) is 4.57. The van der Waals surface area contributed by atoms with E-state index in [1.807, 2.05) is 31.2 Å². The zero-order chi connectivity index (χ0) is 17.7. The van der Waals surface area contributed by atoms with Crippen LogP contribution in [0.15, 0.2) is 36.7 Å². The van der Waals surface area contributed by atoms with Gasteiger partial charge in [0.1, 0.15) is 5.82 Å². The summed E-state index contributed by atoms with van der Waals surface area (Å²) in [5.74, 6) is 0.791. The Hall–Kier alpha value is -2.41. The van der Waals surface area contributed by atoms with Crippen LogP contribution in [-0.2, 0) is 11.3 Å². The fourth-order valence-corrected chi connectivity index (χ4v) is 3.18. The predicted octanol–water partition coefficient (Wildman–Crippen LogP) is 1.12. The first kappa shape index (κ1) is 17.4. The van der Waals surface area contributed by atoms with Crippen LogP contribution >= 0.6 is 0 Å². The van der Waals surface area contributed by atoms with Crippen molar-refractivity contribution in [3.63, 3.8) is 0 Å². The van der Waals surface area contributed by atoms with Crippen molar-refractivity contribution in [2.75, 3.05) is 24.5 Å². The lowest BCUT2D eigenvalue weighted by molar-refractivity contribution is -0.122. The number of hydrogen-bond acceptors (Lipinski definition) is 5. The lowest BCUT2D eigenvalue weighted by Crippen LogP contribution is -2.54. The molecular formula is C18H25N5O2. The number of anilines is 1. The van der Waals surface area contributed by atoms with E-state index in [1.165, 1.54) is 0 Å². The van der Waals surface area contributed by atoms with Gasteiger partial charge in [0.05, 0.1) is 5.60 Å². The van der Waals surface area contributed by atoms with E-state index >= 15 is 0 Å². The Balaban J connectivity index is 1.49. The van der Waals surface area contributed by atoms with Crippen molar-refractivity contribution >= 4 is 11.7 Å². The molecule has 2 aromatic rings. The van der Waals surface area contributed by atoms with Gasteiger partial charge in [-0.25, -0.2) is 4.98 Å². The number of pyridine rings is 1. The number of aryl methyl sites for hydroxylation is 2. The summed E-state index contributed by atoms with van der Waals surface area (Å²) in [6, 6.07) is 7.67. The van der Waals surface area contributed by atoms with Crippen molar-refractivity contribution in [1.82, 2.24) is 20.1 Å². The van der Waals surface area contributed by atoms with Crippen LogP contribution in [0, 0.1) is 6.92 Å². The van der Waals surface area contributed by atoms with E-state index in [-0.39, 0.29) is 12.5 Å². The number of β-amino-alcohol motifs (C(OH)–C–C–N with tert-alkyl or cyclic N) is 1. The van der Waals surface area contributed by atoms with Gasteiger partial charge in [-0.2, -0.15) is 5.10 Å². The number of aliphatic hydroxyl groups is 1. The summed E-state index contributed by atoms with van der Waals surface area (Å²) in [4.78, 5) is 18.5. The number of hydrogen-bond donors (Lipinski definition) is 2. The lowest BCUT2D eigenvalue weighted by atomic mass is 9.92. The Morgan fingerprint density at radius 3 is 2.96 bits per heavy atom. The maximum Gasteiger partial charge on any atom is 0.221 e. The minimum atomic E-state index is -0.924. The van der Waals surface area contributed by atoms with Crippen LogP contribution < -0.4 is 10.2 Å². The molecule has 0 unspecified atom stereocenters. The van der Waals surface area contributed by atoms with Crippen molar-refractivity contribution in [2.45, 2.75) is 38.3 Å². The summed E-state index contributed by atoms with van der Waals surface area (Å²) in [6.45, 7) is 4.10. The first-order valence-electron chi connectivity index (χ1n) is 8.69. The van der Waals surface area contributed by atoms with Gasteiger partial charge in [-0.05, 0) is 38.0 Å². The number of carbonyl (C=O) groups excluding carboxylic acids is 1. The molecule has 1 atom stereocenters. The number of nitrogens with zero attached hydrogens (tertiary/aromatic N) is 4. The van der Waals surface area contributed by atoms with Gasteiger partial charge in [-0.15, -0.1) is 0 Å². The molecule has 1 aliphatic rings. The fourth-order valence-electron chi connectivity index (χ4n) is 3.18. The molecule has 1 aliphatic heterocycles. The van der Waals surface area contributed by atoms with Crippen molar-refractivity contribution in [3.8, 4) is 0 Å². The average molecular weight is 343 g/mol. The van der Waals surface area contributed by atoms with Crippen LogP contribution in [0.1, 0.15) is 25.0 Å². The fraction of sp³-hybridized carbons (Fsp3) is 0.500. The molecule has 1 fully saturated rings. The van der Waals surface area contributed by atoms with Gasteiger partial charge in [0.2, 0.25) is 5.91 Å². The first-order valence-corrected chi connectivity index (χ1v) is 8.69. The molecule has 3 heterocycles. The number of aromatic nitrogens is 3. The number of nitrogens with one attached hydrogen (secondary N) is 1. The maximum atomic E-state index is 12.1. The summed E-state index contributed by atoms with van der Waals surface area (Å²) >= 11 is 0. The van der Waals surface area contributed by atoms with Crippen LogP contribution in [0.4, 0.5) is 5.82 Å². The molecule has 0 aliphatic carbocycles. The van der Waals surface area contributed by atoms with Crippen LogP contribution in [0.25, 0.3) is 0 Å². The molecule has 0 saturated carbocycles. The van der Waals surface area contributed by atoms with E-state index in [0.717, 1.165) is 24.5 Å². The maximum absolute atomic E-state index is 12.1. The summed E-state index contributed by atoms with van der Waals surface area (Å²) in [6.07, 6.45) is 5.37. The van der Waals surface area contributed by atoms with E-state index in [9.17, 15) is 9.90 Å². The van der Waals surface area contributed by atoms with Crippen LogP contribution in [0.3, 0.4) is 0 Å². The highest BCUT2D eigenvalue weighted by Gasteiger charge is 2.34. The van der Waals surface area contributed by atoms with E-state index in [0.29, 0.717) is 25.9 Å². The van der Waals surface area contributed by atoms with Gasteiger partial charge in [0, 0.05) is 50.7 Å². The first-order chi connectivity index (χ1) is 12.1. The quantitative estimate of drug-likeness (QED) is 0.821. The van der Waals surface area contributed by atoms with Crippen molar-refractivity contribution < 1.29 is 9.90 Å². The van der Waals surface area contributed by atoms with Crippen molar-refractivity contribution in [2.24, 2.45) is 0 Å². The molecule has 25 heavy (non-hydrogen) atoms. The molecule has 134 valence electrons. The molecular weight excluding hydrogens is 318 g/mol. The van der Waals surface area contributed by atoms with Gasteiger partial charge in [0.15, 0.2) is 0 Å². The van der Waals surface area contributed by atoms with Gasteiger partial charge < -0.3 is 15.3 Å². The molecule has 7 nitrogen and oxygen atoms in total. The number of rotatable bonds is 6. The monoisotopic (exact) mass is 343 g/mol. The Bertz CT molecular complexity index is 703. The molecule has 3 rings (SSSR count). The van der Waals surface area contributed by atoms with Crippen LogP contribution in [-0.4, -0.2) is 51.0 Å². The molecule has 0 aromatic carbocycles. The van der Waals surface area contributed by atoms with Gasteiger partial charge in [-0.3, -0.25) is 9.48 Å². The van der Waals surface area contributed by atoms with E-state index in [4.69, 9.17) is 0 Å². The molecule has 0 spiro atoms. The highest BCUT2D eigenvalue weighted by atomic mass is 16.3. The Morgan fingerprint density at radius 1 is 1.36 bits per heavy atom. The highest BCUT2D eigenvalue weighted by molar-refractivity contribution is 5.75. The zero-order valence-electron chi connectivity index (χ0n) is 14.6. The Morgan fingerprint density at radius 2 is 2.24 bits per heavy atom. The van der Waals surface area contributed by atoms with E-state index in [2.05, 4.69) is 20.3 Å². The summed E-state index contributed by atoms with van der Waals surface area (Å²) in [7, 11) is 0. The average Bonchev–Trinajstić information content (AvgIpc) is 3.04.